The average molecular weight is 234 g/mol. The van der Waals surface area contributed by atoms with Gasteiger partial charge in [0.2, 0.25) is 0 Å². The number of para-hydroxylation sites is 1. The van der Waals surface area contributed by atoms with E-state index < -0.39 is 5.60 Å². The summed E-state index contributed by atoms with van der Waals surface area (Å²) < 4.78 is 11.4. The van der Waals surface area contributed by atoms with E-state index in [1.54, 1.807) is 0 Å². The van der Waals surface area contributed by atoms with E-state index in [1.807, 2.05) is 24.3 Å². The van der Waals surface area contributed by atoms with Gasteiger partial charge < -0.3 is 14.6 Å². The van der Waals surface area contributed by atoms with E-state index in [0.717, 1.165) is 43.6 Å². The Balaban J connectivity index is 1.77. The molecule has 1 aliphatic carbocycles. The molecule has 3 heteroatoms. The second-order valence-corrected chi connectivity index (χ2v) is 4.98. The number of ether oxygens (including phenoxy) is 2. The van der Waals surface area contributed by atoms with E-state index in [9.17, 15) is 5.11 Å². The summed E-state index contributed by atoms with van der Waals surface area (Å²) >= 11 is 0. The lowest BCUT2D eigenvalue weighted by Gasteiger charge is -2.25. The Hall–Kier alpha value is -1.06. The number of hydrogen-bond acceptors (Lipinski definition) is 3. The molecule has 2 aliphatic rings. The predicted molar refractivity (Wildman–Crippen MR) is 64.0 cm³/mol. The van der Waals surface area contributed by atoms with Crippen LogP contribution in [0.1, 0.15) is 31.2 Å². The van der Waals surface area contributed by atoms with E-state index in [2.05, 4.69) is 0 Å². The molecule has 1 aliphatic heterocycles. The zero-order valence-corrected chi connectivity index (χ0v) is 9.89. The molecule has 0 bridgehead atoms. The standard InChI is InChI=1S/C14H18O3/c15-14(7-8-14)12-5-1-2-6-13(12)17-11-4-3-9-16-10-11/h1-2,5-6,11,15H,3-4,7-10H2. The zero-order chi connectivity index (χ0) is 11.7. The molecular weight excluding hydrogens is 216 g/mol. The fourth-order valence-electron chi connectivity index (χ4n) is 2.33. The fraction of sp³-hybridized carbons (Fsp3) is 0.571. The Labute approximate surface area is 101 Å². The van der Waals surface area contributed by atoms with Gasteiger partial charge in [0.25, 0.3) is 0 Å². The Kier molecular flexibility index (Phi) is 2.81. The van der Waals surface area contributed by atoms with Gasteiger partial charge in [-0.3, -0.25) is 0 Å². The molecule has 1 N–H and O–H groups in total. The van der Waals surface area contributed by atoms with Crippen LogP contribution in [0.3, 0.4) is 0 Å². The van der Waals surface area contributed by atoms with Crippen molar-refractivity contribution in [3.63, 3.8) is 0 Å². The van der Waals surface area contributed by atoms with Crippen LogP contribution in [0.4, 0.5) is 0 Å². The molecule has 0 aromatic heterocycles. The van der Waals surface area contributed by atoms with E-state index in [1.165, 1.54) is 0 Å². The molecular formula is C14H18O3. The van der Waals surface area contributed by atoms with Crippen molar-refractivity contribution in [1.82, 2.24) is 0 Å². The number of hydrogen-bond donors (Lipinski definition) is 1. The lowest BCUT2D eigenvalue weighted by Crippen LogP contribution is -2.28. The molecule has 2 fully saturated rings. The van der Waals surface area contributed by atoms with Crippen LogP contribution in [0, 0.1) is 0 Å². The molecule has 1 unspecified atom stereocenters. The van der Waals surface area contributed by atoms with Gasteiger partial charge in [-0.25, -0.2) is 0 Å². The predicted octanol–water partition coefficient (Wildman–Crippen LogP) is 2.23. The maximum Gasteiger partial charge on any atom is 0.125 e. The van der Waals surface area contributed by atoms with Gasteiger partial charge in [0, 0.05) is 12.2 Å². The van der Waals surface area contributed by atoms with Crippen molar-refractivity contribution >= 4 is 0 Å². The van der Waals surface area contributed by atoms with Gasteiger partial charge in [-0.1, -0.05) is 18.2 Å². The summed E-state index contributed by atoms with van der Waals surface area (Å²) in [6.45, 7) is 1.50. The first-order chi connectivity index (χ1) is 8.28. The largest absolute Gasteiger partial charge is 0.488 e. The number of rotatable bonds is 3. The highest BCUT2D eigenvalue weighted by Crippen LogP contribution is 2.48. The maximum absolute atomic E-state index is 10.2. The van der Waals surface area contributed by atoms with Gasteiger partial charge in [0.1, 0.15) is 11.9 Å². The van der Waals surface area contributed by atoms with Crippen molar-refractivity contribution in [1.29, 1.82) is 0 Å². The normalized spacial score (nSPS) is 26.5. The summed E-state index contributed by atoms with van der Waals surface area (Å²) in [5.74, 6) is 0.822. The lowest BCUT2D eigenvalue weighted by atomic mass is 10.1. The lowest BCUT2D eigenvalue weighted by molar-refractivity contribution is 0.00557. The first-order valence-corrected chi connectivity index (χ1v) is 6.34. The van der Waals surface area contributed by atoms with E-state index in [-0.39, 0.29) is 6.10 Å². The van der Waals surface area contributed by atoms with E-state index >= 15 is 0 Å². The minimum atomic E-state index is -0.633. The van der Waals surface area contributed by atoms with Crippen LogP contribution >= 0.6 is 0 Å². The topological polar surface area (TPSA) is 38.7 Å². The molecule has 3 nitrogen and oxygen atoms in total. The number of benzene rings is 1. The monoisotopic (exact) mass is 234 g/mol. The SMILES string of the molecule is OC1(c2ccccc2OC2CCCOC2)CC1. The highest BCUT2D eigenvalue weighted by Gasteiger charge is 2.44. The molecule has 92 valence electrons. The van der Waals surface area contributed by atoms with Crippen LogP contribution < -0.4 is 4.74 Å². The van der Waals surface area contributed by atoms with Crippen LogP contribution in [0.25, 0.3) is 0 Å². The van der Waals surface area contributed by atoms with Gasteiger partial charge in [-0.05, 0) is 31.7 Å². The van der Waals surface area contributed by atoms with Crippen molar-refractivity contribution in [3.05, 3.63) is 29.8 Å². The van der Waals surface area contributed by atoms with Crippen molar-refractivity contribution < 1.29 is 14.6 Å². The summed E-state index contributed by atoms with van der Waals surface area (Å²) in [6, 6.07) is 7.82. The molecule has 17 heavy (non-hydrogen) atoms. The van der Waals surface area contributed by atoms with Gasteiger partial charge in [0.15, 0.2) is 0 Å². The molecule has 1 saturated carbocycles. The highest BCUT2D eigenvalue weighted by molar-refractivity contribution is 5.40. The van der Waals surface area contributed by atoms with Crippen LogP contribution in [0.15, 0.2) is 24.3 Å². The summed E-state index contributed by atoms with van der Waals surface area (Å²) in [7, 11) is 0. The Morgan fingerprint density at radius 2 is 2.12 bits per heavy atom. The highest BCUT2D eigenvalue weighted by atomic mass is 16.5. The van der Waals surface area contributed by atoms with Crippen molar-refractivity contribution in [3.8, 4) is 5.75 Å². The van der Waals surface area contributed by atoms with Gasteiger partial charge in [0.05, 0.1) is 12.2 Å². The van der Waals surface area contributed by atoms with Crippen LogP contribution in [0.5, 0.6) is 5.75 Å². The third kappa shape index (κ3) is 2.31. The minimum Gasteiger partial charge on any atom is -0.488 e. The average Bonchev–Trinajstić information content (AvgIpc) is 3.10. The maximum atomic E-state index is 10.2. The van der Waals surface area contributed by atoms with Crippen molar-refractivity contribution in [2.24, 2.45) is 0 Å². The summed E-state index contributed by atoms with van der Waals surface area (Å²) in [5, 5.41) is 10.2. The zero-order valence-electron chi connectivity index (χ0n) is 9.89. The first-order valence-electron chi connectivity index (χ1n) is 6.34. The molecule has 0 spiro atoms. The molecule has 1 atom stereocenters. The summed E-state index contributed by atoms with van der Waals surface area (Å²) in [5.41, 5.74) is 0.303. The second kappa shape index (κ2) is 4.31. The second-order valence-electron chi connectivity index (χ2n) is 4.98. The third-order valence-electron chi connectivity index (χ3n) is 3.52. The quantitative estimate of drug-likeness (QED) is 0.871. The van der Waals surface area contributed by atoms with Crippen LogP contribution in [-0.2, 0) is 10.3 Å². The Morgan fingerprint density at radius 3 is 2.82 bits per heavy atom. The van der Waals surface area contributed by atoms with Crippen molar-refractivity contribution in [2.45, 2.75) is 37.4 Å². The molecule has 1 heterocycles. The van der Waals surface area contributed by atoms with E-state index in [4.69, 9.17) is 9.47 Å². The summed E-state index contributed by atoms with van der Waals surface area (Å²) in [6.07, 6.45) is 3.90. The Morgan fingerprint density at radius 1 is 1.29 bits per heavy atom. The van der Waals surface area contributed by atoms with Gasteiger partial charge in [-0.15, -0.1) is 0 Å². The van der Waals surface area contributed by atoms with E-state index in [0.29, 0.717) is 6.61 Å². The molecule has 0 radical (unpaired) electrons. The number of aliphatic hydroxyl groups is 1. The van der Waals surface area contributed by atoms with Crippen LogP contribution in [-0.4, -0.2) is 24.4 Å². The third-order valence-corrected chi connectivity index (χ3v) is 3.52. The smallest absolute Gasteiger partial charge is 0.125 e. The minimum absolute atomic E-state index is 0.132. The fourth-order valence-corrected chi connectivity index (χ4v) is 2.33. The first kappa shape index (κ1) is 11.1. The molecule has 0 amide bonds. The molecule has 3 rings (SSSR count). The Bertz CT molecular complexity index is 392. The van der Waals surface area contributed by atoms with Crippen molar-refractivity contribution in [2.75, 3.05) is 13.2 Å². The van der Waals surface area contributed by atoms with Crippen LogP contribution in [0.2, 0.25) is 0 Å². The summed E-state index contributed by atoms with van der Waals surface area (Å²) in [4.78, 5) is 0. The molecule has 1 saturated heterocycles. The van der Waals surface area contributed by atoms with Gasteiger partial charge in [-0.2, -0.15) is 0 Å². The van der Waals surface area contributed by atoms with Gasteiger partial charge >= 0.3 is 0 Å². The molecule has 1 aromatic carbocycles. The molecule has 1 aromatic rings.